The molecule has 0 aromatic heterocycles. The van der Waals surface area contributed by atoms with Crippen molar-refractivity contribution in [3.05, 3.63) is 52.0 Å². The molecule has 0 heterocycles. The lowest BCUT2D eigenvalue weighted by Gasteiger charge is -2.20. The largest absolute Gasteiger partial charge is 0.332 e. The lowest BCUT2D eigenvalue weighted by atomic mass is 10.2. The van der Waals surface area contributed by atoms with Gasteiger partial charge in [-0.2, -0.15) is 4.31 Å². The lowest BCUT2D eigenvalue weighted by molar-refractivity contribution is 0.445. The minimum Gasteiger partial charge on any atom is -0.332 e. The summed E-state index contributed by atoms with van der Waals surface area (Å²) in [6.07, 6.45) is 0. The molecule has 0 atom stereocenters. The standard InChI is InChI=1S/C19H24BrN3O2S2/c1-5-23(6-2)27(24,25)15-9-8-14(4)18(12-15)22-19(26)21-17-10-7-13(3)11-16(17)20/h7-12H,5-6H2,1-4H3,(H2,21,22,26). The number of aryl methyl sites for hydroxylation is 2. The second kappa shape index (κ2) is 9.14. The van der Waals surface area contributed by atoms with E-state index in [4.69, 9.17) is 12.2 Å². The van der Waals surface area contributed by atoms with Crippen molar-refractivity contribution in [1.29, 1.82) is 0 Å². The molecular weight excluding hydrogens is 446 g/mol. The van der Waals surface area contributed by atoms with Crippen LogP contribution in [0.25, 0.3) is 0 Å². The first-order valence-corrected chi connectivity index (χ1v) is 11.3. The van der Waals surface area contributed by atoms with Gasteiger partial charge in [-0.15, -0.1) is 0 Å². The molecule has 2 rings (SSSR count). The van der Waals surface area contributed by atoms with Crippen molar-refractivity contribution in [3.8, 4) is 0 Å². The van der Waals surface area contributed by atoms with E-state index in [0.717, 1.165) is 21.3 Å². The molecule has 0 aliphatic rings. The summed E-state index contributed by atoms with van der Waals surface area (Å²) in [6, 6.07) is 10.9. The van der Waals surface area contributed by atoms with Crippen LogP contribution >= 0.6 is 28.1 Å². The Morgan fingerprint density at radius 1 is 1.04 bits per heavy atom. The Balaban J connectivity index is 2.25. The Hall–Kier alpha value is -1.48. The Morgan fingerprint density at radius 3 is 2.26 bits per heavy atom. The zero-order valence-corrected chi connectivity index (χ0v) is 19.1. The molecule has 0 bridgehead atoms. The molecule has 0 unspecified atom stereocenters. The van der Waals surface area contributed by atoms with Gasteiger partial charge >= 0.3 is 0 Å². The maximum Gasteiger partial charge on any atom is 0.243 e. The predicted molar refractivity (Wildman–Crippen MR) is 120 cm³/mol. The molecule has 2 N–H and O–H groups in total. The summed E-state index contributed by atoms with van der Waals surface area (Å²) >= 11 is 8.91. The van der Waals surface area contributed by atoms with Crippen LogP contribution in [0.3, 0.4) is 0 Å². The van der Waals surface area contributed by atoms with Crippen molar-refractivity contribution in [2.24, 2.45) is 0 Å². The van der Waals surface area contributed by atoms with Crippen LogP contribution in [0.1, 0.15) is 25.0 Å². The van der Waals surface area contributed by atoms with Crippen molar-refractivity contribution in [2.45, 2.75) is 32.6 Å². The lowest BCUT2D eigenvalue weighted by Crippen LogP contribution is -2.30. The monoisotopic (exact) mass is 469 g/mol. The Morgan fingerprint density at radius 2 is 1.67 bits per heavy atom. The van der Waals surface area contributed by atoms with Gasteiger partial charge in [-0.3, -0.25) is 0 Å². The average molecular weight is 470 g/mol. The molecule has 0 fully saturated rings. The number of benzene rings is 2. The van der Waals surface area contributed by atoms with Crippen LogP contribution in [-0.2, 0) is 10.0 Å². The van der Waals surface area contributed by atoms with Crippen molar-refractivity contribution in [1.82, 2.24) is 4.31 Å². The van der Waals surface area contributed by atoms with Crippen LogP contribution in [0.4, 0.5) is 11.4 Å². The zero-order chi connectivity index (χ0) is 20.2. The van der Waals surface area contributed by atoms with Gasteiger partial charge in [-0.25, -0.2) is 8.42 Å². The summed E-state index contributed by atoms with van der Waals surface area (Å²) in [5.74, 6) is 0. The van der Waals surface area contributed by atoms with E-state index in [1.54, 1.807) is 18.2 Å². The Kier molecular flexibility index (Phi) is 7.39. The van der Waals surface area contributed by atoms with Gasteiger partial charge in [-0.05, 0) is 77.4 Å². The highest BCUT2D eigenvalue weighted by Crippen LogP contribution is 2.25. The molecular formula is C19H24BrN3O2S2. The Labute approximate surface area is 175 Å². The van der Waals surface area contributed by atoms with Gasteiger partial charge in [0.1, 0.15) is 0 Å². The fourth-order valence-corrected chi connectivity index (χ4v) is 4.90. The molecule has 0 radical (unpaired) electrons. The van der Waals surface area contributed by atoms with Crippen molar-refractivity contribution in [3.63, 3.8) is 0 Å². The molecule has 0 aliphatic carbocycles. The molecule has 8 heteroatoms. The number of thiocarbonyl (C=S) groups is 1. The van der Waals surface area contributed by atoms with E-state index in [1.807, 2.05) is 45.9 Å². The van der Waals surface area contributed by atoms with Crippen LogP contribution < -0.4 is 10.6 Å². The van der Waals surface area contributed by atoms with Crippen LogP contribution in [0, 0.1) is 13.8 Å². The van der Waals surface area contributed by atoms with E-state index in [9.17, 15) is 8.42 Å². The van der Waals surface area contributed by atoms with Crippen molar-refractivity contribution in [2.75, 3.05) is 23.7 Å². The van der Waals surface area contributed by atoms with Crippen molar-refractivity contribution < 1.29 is 8.42 Å². The number of halogens is 1. The first-order chi connectivity index (χ1) is 12.7. The number of nitrogens with zero attached hydrogens (tertiary/aromatic N) is 1. The number of hydrogen-bond donors (Lipinski definition) is 2. The summed E-state index contributed by atoms with van der Waals surface area (Å²) in [5.41, 5.74) is 3.53. The highest BCUT2D eigenvalue weighted by molar-refractivity contribution is 9.10. The van der Waals surface area contributed by atoms with Gasteiger partial charge < -0.3 is 10.6 Å². The van der Waals surface area contributed by atoms with E-state index < -0.39 is 10.0 Å². The molecule has 0 saturated heterocycles. The van der Waals surface area contributed by atoms with Gasteiger partial charge in [0.15, 0.2) is 5.11 Å². The number of sulfonamides is 1. The molecule has 2 aromatic rings. The van der Waals surface area contributed by atoms with Gasteiger partial charge in [0.2, 0.25) is 10.0 Å². The number of nitrogens with one attached hydrogen (secondary N) is 2. The van der Waals surface area contributed by atoms with Crippen molar-refractivity contribution >= 4 is 54.7 Å². The van der Waals surface area contributed by atoms with E-state index >= 15 is 0 Å². The SMILES string of the molecule is CCN(CC)S(=O)(=O)c1ccc(C)c(NC(=S)Nc2ccc(C)cc2Br)c1. The highest BCUT2D eigenvalue weighted by Gasteiger charge is 2.22. The molecule has 0 amide bonds. The molecule has 2 aromatic carbocycles. The summed E-state index contributed by atoms with van der Waals surface area (Å²) in [7, 11) is -3.52. The summed E-state index contributed by atoms with van der Waals surface area (Å²) in [4.78, 5) is 0.249. The number of rotatable bonds is 6. The average Bonchev–Trinajstić information content (AvgIpc) is 2.60. The summed E-state index contributed by atoms with van der Waals surface area (Å²) in [5, 5.41) is 6.62. The van der Waals surface area contributed by atoms with Crippen LogP contribution in [-0.4, -0.2) is 30.9 Å². The summed E-state index contributed by atoms with van der Waals surface area (Å²) in [6.45, 7) is 8.42. The van der Waals surface area contributed by atoms with Gasteiger partial charge in [0.25, 0.3) is 0 Å². The van der Waals surface area contributed by atoms with E-state index in [0.29, 0.717) is 23.9 Å². The first kappa shape index (κ1) is 21.8. The van der Waals surface area contributed by atoms with Crippen LogP contribution in [0.2, 0.25) is 0 Å². The Bertz CT molecular complexity index is 942. The quantitative estimate of drug-likeness (QED) is 0.588. The third-order valence-corrected chi connectivity index (χ3v) is 7.08. The second-order valence-electron chi connectivity index (χ2n) is 6.13. The van der Waals surface area contributed by atoms with Gasteiger partial charge in [-0.1, -0.05) is 26.0 Å². The molecule has 0 spiro atoms. The third kappa shape index (κ3) is 5.28. The van der Waals surface area contributed by atoms with E-state index in [1.165, 1.54) is 4.31 Å². The minimum absolute atomic E-state index is 0.249. The second-order valence-corrected chi connectivity index (χ2v) is 9.33. The maximum absolute atomic E-state index is 12.8. The fraction of sp³-hybridized carbons (Fsp3) is 0.316. The molecule has 27 heavy (non-hydrogen) atoms. The predicted octanol–water partition coefficient (Wildman–Crippen LogP) is 4.91. The fourth-order valence-electron chi connectivity index (χ4n) is 2.61. The van der Waals surface area contributed by atoms with E-state index in [2.05, 4.69) is 26.6 Å². The topological polar surface area (TPSA) is 61.4 Å². The zero-order valence-electron chi connectivity index (χ0n) is 15.8. The highest BCUT2D eigenvalue weighted by atomic mass is 79.9. The summed E-state index contributed by atoms with van der Waals surface area (Å²) < 4.78 is 27.8. The molecule has 146 valence electrons. The molecule has 0 aliphatic heterocycles. The minimum atomic E-state index is -3.52. The smallest absolute Gasteiger partial charge is 0.243 e. The normalized spacial score (nSPS) is 11.5. The van der Waals surface area contributed by atoms with Crippen LogP contribution in [0.5, 0.6) is 0 Å². The molecule has 0 saturated carbocycles. The maximum atomic E-state index is 12.8. The molecule has 5 nitrogen and oxygen atoms in total. The number of anilines is 2. The van der Waals surface area contributed by atoms with E-state index in [-0.39, 0.29) is 4.90 Å². The van der Waals surface area contributed by atoms with Crippen LogP contribution in [0.15, 0.2) is 45.8 Å². The van der Waals surface area contributed by atoms with Gasteiger partial charge in [0, 0.05) is 23.2 Å². The van der Waals surface area contributed by atoms with Gasteiger partial charge in [0.05, 0.1) is 10.6 Å². The third-order valence-electron chi connectivity index (χ3n) is 4.17. The first-order valence-electron chi connectivity index (χ1n) is 8.64. The number of hydrogen-bond acceptors (Lipinski definition) is 3.